The molecule has 0 aliphatic heterocycles. The van der Waals surface area contributed by atoms with Crippen molar-refractivity contribution in [3.8, 4) is 0 Å². The van der Waals surface area contributed by atoms with Crippen LogP contribution in [0.1, 0.15) is 17.5 Å². The van der Waals surface area contributed by atoms with Gasteiger partial charge in [-0.3, -0.25) is 0 Å². The van der Waals surface area contributed by atoms with Gasteiger partial charge in [-0.05, 0) is 19.2 Å². The van der Waals surface area contributed by atoms with Crippen molar-refractivity contribution < 1.29 is 9.53 Å². The highest BCUT2D eigenvalue weighted by Gasteiger charge is 2.14. The van der Waals surface area contributed by atoms with E-state index in [9.17, 15) is 4.79 Å². The fraction of sp³-hybridized carbons (Fsp3) is 0.250. The van der Waals surface area contributed by atoms with E-state index in [0.29, 0.717) is 6.61 Å². The molecular formula is C12H12N2O2S. The number of nitrogens with zero attached hydrogens (tertiary/aromatic N) is 2. The Morgan fingerprint density at radius 1 is 1.35 bits per heavy atom. The third-order valence-electron chi connectivity index (χ3n) is 2.22. The fourth-order valence-corrected chi connectivity index (χ4v) is 2.06. The Balaban J connectivity index is 2.56. The van der Waals surface area contributed by atoms with E-state index in [2.05, 4.69) is 9.97 Å². The van der Waals surface area contributed by atoms with Gasteiger partial charge in [-0.2, -0.15) is 0 Å². The number of hydrogen-bond donors (Lipinski definition) is 0. The van der Waals surface area contributed by atoms with Crippen molar-refractivity contribution >= 4 is 28.6 Å². The van der Waals surface area contributed by atoms with Gasteiger partial charge in [-0.25, -0.2) is 14.8 Å². The minimum Gasteiger partial charge on any atom is -0.460 e. The van der Waals surface area contributed by atoms with Crippen LogP contribution in [0.5, 0.6) is 0 Å². The molecule has 0 radical (unpaired) electrons. The SMILES string of the molecule is CCOC(=O)c1nc(SC)c2ccccc2n1. The van der Waals surface area contributed by atoms with E-state index in [1.54, 1.807) is 6.92 Å². The van der Waals surface area contributed by atoms with Gasteiger partial charge >= 0.3 is 5.97 Å². The van der Waals surface area contributed by atoms with Crippen LogP contribution in [0.4, 0.5) is 0 Å². The molecule has 1 aromatic heterocycles. The highest BCUT2D eigenvalue weighted by Crippen LogP contribution is 2.23. The number of thioether (sulfide) groups is 1. The van der Waals surface area contributed by atoms with Gasteiger partial charge in [0.15, 0.2) is 0 Å². The molecule has 0 amide bonds. The molecule has 0 saturated carbocycles. The maximum Gasteiger partial charge on any atom is 0.376 e. The number of para-hydroxylation sites is 1. The van der Waals surface area contributed by atoms with Crippen molar-refractivity contribution in [1.82, 2.24) is 9.97 Å². The molecule has 2 rings (SSSR count). The summed E-state index contributed by atoms with van der Waals surface area (Å²) in [5.74, 6) is -0.358. The van der Waals surface area contributed by atoms with Gasteiger partial charge in [-0.1, -0.05) is 18.2 Å². The Kier molecular flexibility index (Phi) is 3.58. The molecule has 0 atom stereocenters. The second-order valence-corrected chi connectivity index (χ2v) is 4.09. The molecule has 0 N–H and O–H groups in total. The van der Waals surface area contributed by atoms with Crippen molar-refractivity contribution in [1.29, 1.82) is 0 Å². The molecule has 4 nitrogen and oxygen atoms in total. The fourth-order valence-electron chi connectivity index (χ4n) is 1.49. The van der Waals surface area contributed by atoms with Crippen LogP contribution in [0.3, 0.4) is 0 Å². The number of fused-ring (bicyclic) bond motifs is 1. The summed E-state index contributed by atoms with van der Waals surface area (Å²) in [5, 5.41) is 1.74. The Morgan fingerprint density at radius 3 is 2.82 bits per heavy atom. The van der Waals surface area contributed by atoms with Crippen LogP contribution >= 0.6 is 11.8 Å². The van der Waals surface area contributed by atoms with Gasteiger partial charge in [0.1, 0.15) is 5.03 Å². The van der Waals surface area contributed by atoms with Crippen molar-refractivity contribution in [2.75, 3.05) is 12.9 Å². The third kappa shape index (κ3) is 2.39. The first kappa shape index (κ1) is 11.9. The predicted molar refractivity (Wildman–Crippen MR) is 67.3 cm³/mol. The van der Waals surface area contributed by atoms with Crippen LogP contribution in [0, 0.1) is 0 Å². The zero-order chi connectivity index (χ0) is 12.3. The Morgan fingerprint density at radius 2 is 2.12 bits per heavy atom. The van der Waals surface area contributed by atoms with Gasteiger partial charge in [-0.15, -0.1) is 11.8 Å². The van der Waals surface area contributed by atoms with Crippen molar-refractivity contribution in [3.63, 3.8) is 0 Å². The van der Waals surface area contributed by atoms with Crippen LogP contribution in [0.2, 0.25) is 0 Å². The molecule has 0 saturated heterocycles. The number of aromatic nitrogens is 2. The Labute approximate surface area is 103 Å². The minimum absolute atomic E-state index is 0.120. The van der Waals surface area contributed by atoms with Gasteiger partial charge < -0.3 is 4.74 Å². The summed E-state index contributed by atoms with van der Waals surface area (Å²) < 4.78 is 4.90. The molecule has 0 fully saturated rings. The Bertz CT molecular complexity index is 557. The lowest BCUT2D eigenvalue weighted by molar-refractivity contribution is 0.0511. The van der Waals surface area contributed by atoms with Crippen LogP contribution in [0.15, 0.2) is 29.3 Å². The monoisotopic (exact) mass is 248 g/mol. The molecule has 0 spiro atoms. The topological polar surface area (TPSA) is 52.1 Å². The Hall–Kier alpha value is -1.62. The molecular weight excluding hydrogens is 236 g/mol. The molecule has 0 unspecified atom stereocenters. The van der Waals surface area contributed by atoms with Crippen LogP contribution in [-0.4, -0.2) is 28.8 Å². The maximum absolute atomic E-state index is 11.6. The van der Waals surface area contributed by atoms with Gasteiger partial charge in [0, 0.05) is 5.39 Å². The summed E-state index contributed by atoms with van der Waals surface area (Å²) in [5.41, 5.74) is 0.759. The van der Waals surface area contributed by atoms with Crippen LogP contribution in [-0.2, 0) is 4.74 Å². The van der Waals surface area contributed by atoms with Crippen molar-refractivity contribution in [2.24, 2.45) is 0 Å². The molecule has 88 valence electrons. The van der Waals surface area contributed by atoms with Crippen LogP contribution in [0.25, 0.3) is 10.9 Å². The zero-order valence-electron chi connectivity index (χ0n) is 9.64. The molecule has 1 aromatic carbocycles. The van der Waals surface area contributed by atoms with E-state index in [-0.39, 0.29) is 5.82 Å². The number of ether oxygens (including phenoxy) is 1. The summed E-state index contributed by atoms with van der Waals surface area (Å²) in [6.45, 7) is 2.08. The van der Waals surface area contributed by atoms with Crippen LogP contribution < -0.4 is 0 Å². The average Bonchev–Trinajstić information content (AvgIpc) is 2.37. The number of esters is 1. The van der Waals surface area contributed by atoms with E-state index in [1.165, 1.54) is 11.8 Å². The second-order valence-electron chi connectivity index (χ2n) is 3.29. The molecule has 0 aliphatic carbocycles. The molecule has 2 aromatic rings. The maximum atomic E-state index is 11.6. The number of benzene rings is 1. The van der Waals surface area contributed by atoms with E-state index in [0.717, 1.165) is 15.9 Å². The molecule has 0 bridgehead atoms. The first-order valence-corrected chi connectivity index (χ1v) is 6.46. The third-order valence-corrected chi connectivity index (χ3v) is 2.92. The molecule has 17 heavy (non-hydrogen) atoms. The summed E-state index contributed by atoms with van der Waals surface area (Å²) in [6, 6.07) is 7.61. The van der Waals surface area contributed by atoms with Gasteiger partial charge in [0.2, 0.25) is 5.82 Å². The highest BCUT2D eigenvalue weighted by molar-refractivity contribution is 7.98. The van der Waals surface area contributed by atoms with E-state index >= 15 is 0 Å². The van der Waals surface area contributed by atoms with Crippen molar-refractivity contribution in [3.05, 3.63) is 30.1 Å². The van der Waals surface area contributed by atoms with E-state index in [4.69, 9.17) is 4.74 Å². The lowest BCUT2D eigenvalue weighted by atomic mass is 10.2. The van der Waals surface area contributed by atoms with E-state index in [1.807, 2.05) is 30.5 Å². The van der Waals surface area contributed by atoms with E-state index < -0.39 is 5.97 Å². The molecule has 1 heterocycles. The lowest BCUT2D eigenvalue weighted by Gasteiger charge is -2.05. The molecule has 5 heteroatoms. The number of hydrogen-bond acceptors (Lipinski definition) is 5. The van der Waals surface area contributed by atoms with Crippen molar-refractivity contribution in [2.45, 2.75) is 11.9 Å². The standard InChI is InChI=1S/C12H12N2O2S/c1-3-16-12(15)10-13-9-7-5-4-6-8(9)11(14-10)17-2/h4-7H,3H2,1-2H3. The first-order chi connectivity index (χ1) is 8.26. The number of carbonyl (C=O) groups is 1. The quantitative estimate of drug-likeness (QED) is 0.474. The zero-order valence-corrected chi connectivity index (χ0v) is 10.5. The smallest absolute Gasteiger partial charge is 0.376 e. The average molecular weight is 248 g/mol. The summed E-state index contributed by atoms with van der Waals surface area (Å²) in [6.07, 6.45) is 1.92. The normalized spacial score (nSPS) is 10.5. The highest BCUT2D eigenvalue weighted by atomic mass is 32.2. The largest absolute Gasteiger partial charge is 0.460 e. The number of carbonyl (C=O) groups excluding carboxylic acids is 1. The summed E-state index contributed by atoms with van der Waals surface area (Å²) >= 11 is 1.49. The predicted octanol–water partition coefficient (Wildman–Crippen LogP) is 2.53. The van der Waals surface area contributed by atoms with Gasteiger partial charge in [0.05, 0.1) is 12.1 Å². The second kappa shape index (κ2) is 5.14. The summed E-state index contributed by atoms with van der Waals surface area (Å²) in [7, 11) is 0. The van der Waals surface area contributed by atoms with Gasteiger partial charge in [0.25, 0.3) is 0 Å². The number of rotatable bonds is 3. The first-order valence-electron chi connectivity index (χ1n) is 5.24. The minimum atomic E-state index is -0.478. The molecule has 0 aliphatic rings. The lowest BCUT2D eigenvalue weighted by Crippen LogP contribution is -2.10. The summed E-state index contributed by atoms with van der Waals surface area (Å²) in [4.78, 5) is 20.0.